The Bertz CT molecular complexity index is 495. The van der Waals surface area contributed by atoms with Crippen LogP contribution in [-0.4, -0.2) is 45.2 Å². The molecule has 20 heavy (non-hydrogen) atoms. The van der Waals surface area contributed by atoms with Crippen LogP contribution in [0.25, 0.3) is 0 Å². The normalized spacial score (nSPS) is 13.1. The van der Waals surface area contributed by atoms with Crippen LogP contribution in [0.5, 0.6) is 0 Å². The van der Waals surface area contributed by atoms with Crippen molar-refractivity contribution in [2.45, 2.75) is 26.8 Å². The number of hydrogen-bond acceptors (Lipinski definition) is 5. The van der Waals surface area contributed by atoms with Gasteiger partial charge in [-0.2, -0.15) is 5.06 Å². The lowest BCUT2D eigenvalue weighted by Crippen LogP contribution is -2.49. The average molecular weight is 286 g/mol. The van der Waals surface area contributed by atoms with Crippen molar-refractivity contribution >= 4 is 11.9 Å². The van der Waals surface area contributed by atoms with E-state index in [-0.39, 0.29) is 24.6 Å². The Hall–Kier alpha value is -1.90. The van der Waals surface area contributed by atoms with Gasteiger partial charge in [0.2, 0.25) is 5.76 Å². The predicted molar refractivity (Wildman–Crippen MR) is 67.8 cm³/mol. The predicted octanol–water partition coefficient (Wildman–Crippen LogP) is 1.50. The standard InChI is InChI=1S/C12H19N3O5/c1-4-15(19,5-2)11(16)10-7-6-9(20-10)8(3)14(18)12(13)17/h6-8,18-19H,4-5H2,1-3H3,(H-,13,17)/p+1. The number of hydrogen-bond donors (Lipinski definition) is 3. The van der Waals surface area contributed by atoms with Crippen molar-refractivity contribution in [3.63, 3.8) is 0 Å². The van der Waals surface area contributed by atoms with Crippen molar-refractivity contribution in [1.29, 1.82) is 0 Å². The van der Waals surface area contributed by atoms with Crippen LogP contribution in [0.15, 0.2) is 16.5 Å². The molecule has 4 N–H and O–H groups in total. The highest BCUT2D eigenvalue weighted by Gasteiger charge is 2.36. The Morgan fingerprint density at radius 2 is 1.95 bits per heavy atom. The molecule has 0 bridgehead atoms. The first-order valence-corrected chi connectivity index (χ1v) is 6.28. The van der Waals surface area contributed by atoms with Gasteiger partial charge in [-0.05, 0) is 32.9 Å². The van der Waals surface area contributed by atoms with Crippen LogP contribution >= 0.6 is 0 Å². The van der Waals surface area contributed by atoms with Gasteiger partial charge >= 0.3 is 11.9 Å². The SMILES string of the molecule is CC[N+](O)(CC)C(=O)c1ccc(C(C)N(O)C(N)=O)o1. The molecule has 1 unspecified atom stereocenters. The van der Waals surface area contributed by atoms with Crippen LogP contribution in [0, 0.1) is 0 Å². The molecule has 3 amide bonds. The first-order chi connectivity index (χ1) is 9.26. The highest BCUT2D eigenvalue weighted by atomic mass is 16.6. The number of amides is 3. The smallest absolute Gasteiger partial charge is 0.413 e. The lowest BCUT2D eigenvalue weighted by molar-refractivity contribution is -1.03. The molecule has 8 heteroatoms. The molecule has 0 aliphatic rings. The van der Waals surface area contributed by atoms with Gasteiger partial charge in [-0.15, -0.1) is 4.65 Å². The summed E-state index contributed by atoms with van der Waals surface area (Å²) in [5.74, 6) is -0.443. The second-order valence-corrected chi connectivity index (χ2v) is 4.42. The maximum atomic E-state index is 12.1. The molecule has 0 saturated heterocycles. The van der Waals surface area contributed by atoms with E-state index in [1.807, 2.05) is 0 Å². The molecule has 0 radical (unpaired) electrons. The van der Waals surface area contributed by atoms with Crippen molar-refractivity contribution in [3.05, 3.63) is 23.7 Å². The summed E-state index contributed by atoms with van der Waals surface area (Å²) in [7, 11) is 0. The zero-order valence-corrected chi connectivity index (χ0v) is 11.7. The first-order valence-electron chi connectivity index (χ1n) is 6.28. The van der Waals surface area contributed by atoms with Crippen LogP contribution in [0.4, 0.5) is 4.79 Å². The molecule has 0 saturated carbocycles. The average Bonchev–Trinajstić information content (AvgIpc) is 2.93. The third-order valence-corrected chi connectivity index (χ3v) is 3.27. The highest BCUT2D eigenvalue weighted by molar-refractivity contribution is 5.85. The molecular weight excluding hydrogens is 266 g/mol. The maximum absolute atomic E-state index is 12.1. The molecule has 112 valence electrons. The van der Waals surface area contributed by atoms with Crippen LogP contribution in [0.1, 0.15) is 43.1 Å². The fourth-order valence-electron chi connectivity index (χ4n) is 1.72. The van der Waals surface area contributed by atoms with E-state index >= 15 is 0 Å². The van der Waals surface area contributed by atoms with Gasteiger partial charge in [0, 0.05) is 0 Å². The number of nitrogens with two attached hydrogens (primary N) is 1. The molecule has 0 aliphatic carbocycles. The molecule has 0 fully saturated rings. The minimum Gasteiger partial charge on any atom is -0.449 e. The number of quaternary nitrogens is 1. The summed E-state index contributed by atoms with van der Waals surface area (Å²) in [6.07, 6.45) is 0. The van der Waals surface area contributed by atoms with E-state index in [4.69, 9.17) is 10.2 Å². The number of urea groups is 1. The second-order valence-electron chi connectivity index (χ2n) is 4.42. The Labute approximate surface area is 116 Å². The molecule has 1 atom stereocenters. The van der Waals surface area contributed by atoms with E-state index in [1.54, 1.807) is 13.8 Å². The Morgan fingerprint density at radius 1 is 1.40 bits per heavy atom. The summed E-state index contributed by atoms with van der Waals surface area (Å²) in [6.45, 7) is 5.24. The number of carbonyl (C=O) groups excluding carboxylic acids is 2. The molecule has 1 aromatic heterocycles. The Balaban J connectivity index is 2.98. The van der Waals surface area contributed by atoms with E-state index in [1.165, 1.54) is 19.1 Å². The molecule has 1 heterocycles. The topological polar surface area (TPSA) is 117 Å². The molecule has 0 spiro atoms. The van der Waals surface area contributed by atoms with Crippen LogP contribution in [-0.2, 0) is 0 Å². The molecule has 1 aromatic rings. The third-order valence-electron chi connectivity index (χ3n) is 3.27. The molecule has 0 aromatic carbocycles. The number of primary amides is 1. The van der Waals surface area contributed by atoms with Gasteiger partial charge in [0.05, 0.1) is 0 Å². The van der Waals surface area contributed by atoms with Crippen LogP contribution < -0.4 is 5.73 Å². The van der Waals surface area contributed by atoms with E-state index in [0.29, 0.717) is 5.06 Å². The second kappa shape index (κ2) is 6.04. The van der Waals surface area contributed by atoms with Crippen molar-refractivity contribution in [1.82, 2.24) is 5.06 Å². The van der Waals surface area contributed by atoms with Crippen molar-refractivity contribution in [2.75, 3.05) is 13.1 Å². The molecule has 1 rings (SSSR count). The van der Waals surface area contributed by atoms with Crippen molar-refractivity contribution in [2.24, 2.45) is 5.73 Å². The highest BCUT2D eigenvalue weighted by Crippen LogP contribution is 2.23. The third kappa shape index (κ3) is 2.98. The molecular formula is C12H20N3O5+. The summed E-state index contributed by atoms with van der Waals surface area (Å²) >= 11 is 0. The summed E-state index contributed by atoms with van der Waals surface area (Å²) in [4.78, 5) is 23.0. The van der Waals surface area contributed by atoms with Crippen molar-refractivity contribution < 1.29 is 29.1 Å². The minimum atomic E-state index is -1.03. The lowest BCUT2D eigenvalue weighted by Gasteiger charge is -2.23. The van der Waals surface area contributed by atoms with Crippen LogP contribution in [0.2, 0.25) is 0 Å². The summed E-state index contributed by atoms with van der Waals surface area (Å²) < 4.78 is 4.52. The Morgan fingerprint density at radius 3 is 2.40 bits per heavy atom. The number of carbonyl (C=O) groups is 2. The maximum Gasteiger partial charge on any atom is 0.413 e. The van der Waals surface area contributed by atoms with E-state index in [9.17, 15) is 20.0 Å². The fourth-order valence-corrected chi connectivity index (χ4v) is 1.72. The number of rotatable bonds is 5. The lowest BCUT2D eigenvalue weighted by atomic mass is 10.2. The largest absolute Gasteiger partial charge is 0.449 e. The van der Waals surface area contributed by atoms with Gasteiger partial charge in [0.15, 0.2) is 0 Å². The van der Waals surface area contributed by atoms with Crippen LogP contribution in [0.3, 0.4) is 0 Å². The zero-order valence-electron chi connectivity index (χ0n) is 11.7. The number of furan rings is 1. The van der Waals surface area contributed by atoms with Gasteiger partial charge in [0.25, 0.3) is 0 Å². The van der Waals surface area contributed by atoms with Crippen molar-refractivity contribution in [3.8, 4) is 0 Å². The quantitative estimate of drug-likeness (QED) is 0.430. The van der Waals surface area contributed by atoms with E-state index in [2.05, 4.69) is 0 Å². The Kier molecular flexibility index (Phi) is 4.88. The van der Waals surface area contributed by atoms with E-state index in [0.717, 1.165) is 0 Å². The minimum absolute atomic E-state index is 0.0454. The van der Waals surface area contributed by atoms with Gasteiger partial charge in [-0.25, -0.2) is 14.8 Å². The number of hydroxylamine groups is 5. The molecule has 0 aliphatic heterocycles. The monoisotopic (exact) mass is 286 g/mol. The zero-order chi connectivity index (χ0) is 15.5. The van der Waals surface area contributed by atoms with Gasteiger partial charge in [-0.1, -0.05) is 0 Å². The number of nitrogens with zero attached hydrogens (tertiary/aromatic N) is 2. The summed E-state index contributed by atoms with van der Waals surface area (Å²) in [5.41, 5.74) is 4.94. The van der Waals surface area contributed by atoms with E-state index < -0.39 is 22.6 Å². The van der Waals surface area contributed by atoms with Gasteiger partial charge in [-0.3, -0.25) is 5.21 Å². The fraction of sp³-hybridized carbons (Fsp3) is 0.500. The molecule has 8 nitrogen and oxygen atoms in total. The summed E-state index contributed by atoms with van der Waals surface area (Å²) in [5, 5.41) is 19.8. The summed E-state index contributed by atoms with van der Waals surface area (Å²) in [6, 6.07) is 0.964. The van der Waals surface area contributed by atoms with Gasteiger partial charge < -0.3 is 10.2 Å². The first kappa shape index (κ1) is 16.2. The van der Waals surface area contributed by atoms with Gasteiger partial charge in [0.1, 0.15) is 24.9 Å².